The molecule has 1 heterocycles. The monoisotopic (exact) mass is 339 g/mol. The summed E-state index contributed by atoms with van der Waals surface area (Å²) in [7, 11) is -1.15. The van der Waals surface area contributed by atoms with E-state index >= 15 is 0 Å². The van der Waals surface area contributed by atoms with Crippen LogP contribution in [0.15, 0.2) is 40.8 Å². The van der Waals surface area contributed by atoms with Crippen LogP contribution in [0, 0.1) is 0 Å². The van der Waals surface area contributed by atoms with Crippen LogP contribution < -0.4 is 5.32 Å². The van der Waals surface area contributed by atoms with Gasteiger partial charge in [0.2, 0.25) is 0 Å². The minimum absolute atomic E-state index is 0.0374. The molecule has 1 aromatic heterocycles. The maximum atomic E-state index is 12.2. The van der Waals surface area contributed by atoms with Gasteiger partial charge in [0.1, 0.15) is 5.76 Å². The summed E-state index contributed by atoms with van der Waals surface area (Å²) >= 11 is 6.05. The molecule has 1 unspecified atom stereocenters. The Labute approximate surface area is 137 Å². The summed E-state index contributed by atoms with van der Waals surface area (Å²) in [5.74, 6) is 1.10. The number of rotatable bonds is 6. The first-order chi connectivity index (χ1) is 10.5. The molecule has 0 aliphatic rings. The van der Waals surface area contributed by atoms with Crippen molar-refractivity contribution in [2.45, 2.75) is 31.4 Å². The van der Waals surface area contributed by atoms with Crippen molar-refractivity contribution in [3.63, 3.8) is 0 Å². The number of carbonyl (C=O) groups is 1. The van der Waals surface area contributed by atoms with Crippen molar-refractivity contribution in [3.05, 3.63) is 58.5 Å². The molecule has 1 atom stereocenters. The van der Waals surface area contributed by atoms with E-state index in [1.165, 1.54) is 0 Å². The lowest BCUT2D eigenvalue weighted by Gasteiger charge is -2.05. The highest BCUT2D eigenvalue weighted by molar-refractivity contribution is 7.83. The van der Waals surface area contributed by atoms with Gasteiger partial charge in [-0.15, -0.1) is 0 Å². The van der Waals surface area contributed by atoms with Gasteiger partial charge in [0.05, 0.1) is 11.5 Å². The van der Waals surface area contributed by atoms with Crippen molar-refractivity contribution < 1.29 is 13.4 Å². The second-order valence-corrected chi connectivity index (χ2v) is 7.08. The van der Waals surface area contributed by atoms with Crippen LogP contribution >= 0.6 is 11.6 Å². The molecule has 1 amide bonds. The Hall–Kier alpha value is -1.59. The summed E-state index contributed by atoms with van der Waals surface area (Å²) in [6.07, 6.45) is 0. The van der Waals surface area contributed by atoms with Crippen molar-refractivity contribution in [1.29, 1.82) is 0 Å². The number of nitrogens with one attached hydrogen (secondary N) is 1. The number of amides is 1. The quantitative estimate of drug-likeness (QED) is 0.876. The lowest BCUT2D eigenvalue weighted by Crippen LogP contribution is -2.29. The minimum atomic E-state index is -1.15. The molecule has 1 aromatic carbocycles. The second-order valence-electron chi connectivity index (χ2n) is 5.21. The molecule has 2 aromatic rings. The zero-order chi connectivity index (χ0) is 16.1. The van der Waals surface area contributed by atoms with Gasteiger partial charge < -0.3 is 9.73 Å². The van der Waals surface area contributed by atoms with Gasteiger partial charge in [0.15, 0.2) is 5.76 Å². The molecule has 0 bridgehead atoms. The molecule has 4 nitrogen and oxygen atoms in total. The fourth-order valence-corrected chi connectivity index (χ4v) is 3.36. The Kier molecular flexibility index (Phi) is 5.80. The lowest BCUT2D eigenvalue weighted by atomic mass is 10.2. The van der Waals surface area contributed by atoms with E-state index in [9.17, 15) is 9.00 Å². The molecular formula is C16H18ClNO3S. The van der Waals surface area contributed by atoms with Crippen LogP contribution in [0.4, 0.5) is 0 Å². The molecule has 2 rings (SSSR count). The molecule has 118 valence electrons. The van der Waals surface area contributed by atoms with E-state index in [0.717, 1.165) is 5.56 Å². The third kappa shape index (κ3) is 4.71. The van der Waals surface area contributed by atoms with E-state index in [2.05, 4.69) is 5.32 Å². The zero-order valence-electron chi connectivity index (χ0n) is 12.5. The number of hydrogen-bond donors (Lipinski definition) is 1. The van der Waals surface area contributed by atoms with Crippen LogP contribution in [0.2, 0.25) is 5.02 Å². The fraction of sp³-hybridized carbons (Fsp3) is 0.312. The highest BCUT2D eigenvalue weighted by Crippen LogP contribution is 2.18. The first-order valence-corrected chi connectivity index (χ1v) is 8.80. The van der Waals surface area contributed by atoms with Gasteiger partial charge in [-0.25, -0.2) is 0 Å². The predicted molar refractivity (Wildman–Crippen MR) is 88.3 cm³/mol. The van der Waals surface area contributed by atoms with Gasteiger partial charge in [-0.2, -0.15) is 0 Å². The van der Waals surface area contributed by atoms with E-state index in [0.29, 0.717) is 16.5 Å². The molecule has 0 spiro atoms. The number of carbonyl (C=O) groups excluding carboxylic acids is 1. The summed E-state index contributed by atoms with van der Waals surface area (Å²) in [4.78, 5) is 11.8. The van der Waals surface area contributed by atoms with E-state index < -0.39 is 10.8 Å². The highest BCUT2D eigenvalue weighted by atomic mass is 35.5. The van der Waals surface area contributed by atoms with Gasteiger partial charge in [0.25, 0.3) is 5.91 Å². The molecule has 0 saturated carbocycles. The fourth-order valence-electron chi connectivity index (χ4n) is 1.91. The van der Waals surface area contributed by atoms with Gasteiger partial charge in [0, 0.05) is 21.9 Å². The average molecular weight is 340 g/mol. The summed E-state index contributed by atoms with van der Waals surface area (Å²) in [5.41, 5.74) is 0.840. The molecule has 22 heavy (non-hydrogen) atoms. The van der Waals surface area contributed by atoms with Crippen molar-refractivity contribution in [3.8, 4) is 0 Å². The molecule has 0 aliphatic heterocycles. The van der Waals surface area contributed by atoms with E-state index in [-0.39, 0.29) is 23.5 Å². The maximum Gasteiger partial charge on any atom is 0.287 e. The van der Waals surface area contributed by atoms with Crippen LogP contribution in [-0.2, 0) is 22.3 Å². The summed E-state index contributed by atoms with van der Waals surface area (Å²) < 4.78 is 17.6. The smallest absolute Gasteiger partial charge is 0.287 e. The van der Waals surface area contributed by atoms with Gasteiger partial charge in [-0.1, -0.05) is 29.8 Å². The minimum Gasteiger partial charge on any atom is -0.455 e. The Balaban J connectivity index is 1.97. The molecule has 6 heteroatoms. The molecule has 1 N–H and O–H groups in total. The summed E-state index contributed by atoms with van der Waals surface area (Å²) in [5, 5.41) is 3.35. The summed E-state index contributed by atoms with van der Waals surface area (Å²) in [6.45, 7) is 3.75. The third-order valence-corrected chi connectivity index (χ3v) is 4.49. The maximum absolute atomic E-state index is 12.2. The first-order valence-electron chi connectivity index (χ1n) is 6.93. The van der Waals surface area contributed by atoms with E-state index in [4.69, 9.17) is 16.0 Å². The van der Waals surface area contributed by atoms with E-state index in [1.54, 1.807) is 18.2 Å². The third-order valence-electron chi connectivity index (χ3n) is 2.88. The van der Waals surface area contributed by atoms with Gasteiger partial charge in [-0.3, -0.25) is 9.00 Å². The number of benzene rings is 1. The molecule has 0 fully saturated rings. The molecule has 0 saturated heterocycles. The Morgan fingerprint density at radius 2 is 1.95 bits per heavy atom. The Morgan fingerprint density at radius 1 is 1.23 bits per heavy atom. The van der Waals surface area contributed by atoms with Crippen molar-refractivity contribution in [2.75, 3.05) is 0 Å². The number of furan rings is 1. The molecule has 0 aliphatic carbocycles. The average Bonchev–Trinajstić information content (AvgIpc) is 2.89. The van der Waals surface area contributed by atoms with Crippen molar-refractivity contribution in [1.82, 2.24) is 5.32 Å². The van der Waals surface area contributed by atoms with Gasteiger partial charge >= 0.3 is 0 Å². The van der Waals surface area contributed by atoms with Crippen LogP contribution in [0.1, 0.15) is 35.7 Å². The standard InChI is InChI=1S/C16H18ClNO3S/c1-11(2)18-16(19)15-8-7-13(21-15)10-22(20)9-12-5-3-4-6-14(12)17/h3-8,11H,9-10H2,1-2H3,(H,18,19). The normalized spacial score (nSPS) is 12.4. The molecular weight excluding hydrogens is 322 g/mol. The summed E-state index contributed by atoms with van der Waals surface area (Å²) in [6, 6.07) is 10.6. The zero-order valence-corrected chi connectivity index (χ0v) is 14.0. The van der Waals surface area contributed by atoms with E-state index in [1.807, 2.05) is 32.0 Å². The van der Waals surface area contributed by atoms with Crippen LogP contribution in [-0.4, -0.2) is 16.2 Å². The van der Waals surface area contributed by atoms with Crippen molar-refractivity contribution in [2.24, 2.45) is 0 Å². The van der Waals surface area contributed by atoms with Crippen molar-refractivity contribution >= 4 is 28.3 Å². The first kappa shape index (κ1) is 16.8. The lowest BCUT2D eigenvalue weighted by molar-refractivity contribution is 0.0913. The van der Waals surface area contributed by atoms with Gasteiger partial charge in [-0.05, 0) is 37.6 Å². The van der Waals surface area contributed by atoms with Crippen LogP contribution in [0.3, 0.4) is 0 Å². The van der Waals surface area contributed by atoms with Crippen LogP contribution in [0.5, 0.6) is 0 Å². The topological polar surface area (TPSA) is 59.3 Å². The Morgan fingerprint density at radius 3 is 2.64 bits per heavy atom. The predicted octanol–water partition coefficient (Wildman–Crippen LogP) is 3.52. The molecule has 0 radical (unpaired) electrons. The number of hydrogen-bond acceptors (Lipinski definition) is 3. The largest absolute Gasteiger partial charge is 0.455 e. The highest BCUT2D eigenvalue weighted by Gasteiger charge is 2.14. The second kappa shape index (κ2) is 7.61. The number of halogens is 1. The van der Waals surface area contributed by atoms with Crippen LogP contribution in [0.25, 0.3) is 0 Å². The SMILES string of the molecule is CC(C)NC(=O)c1ccc(CS(=O)Cc2ccccc2Cl)o1. The Bertz CT molecular complexity index is 682.